The number of nitrogens with one attached hydrogen (secondary N) is 3. The van der Waals surface area contributed by atoms with Crippen molar-refractivity contribution in [3.63, 3.8) is 0 Å². The molecule has 1 heterocycles. The monoisotopic (exact) mass is 740 g/mol. The number of carbonyl (C=O) groups excluding carboxylic acids is 3. The van der Waals surface area contributed by atoms with Crippen LogP contribution in [0, 0.1) is 3.57 Å². The highest BCUT2D eigenvalue weighted by molar-refractivity contribution is 14.1. The molecule has 0 unspecified atom stereocenters. The van der Waals surface area contributed by atoms with E-state index in [2.05, 4.69) is 43.8 Å². The van der Waals surface area contributed by atoms with Gasteiger partial charge < -0.3 is 44.2 Å². The molecule has 3 rings (SSSR count). The van der Waals surface area contributed by atoms with Crippen LogP contribution in [0.5, 0.6) is 23.0 Å². The number of amides is 2. The number of urea groups is 1. The van der Waals surface area contributed by atoms with Gasteiger partial charge in [-0.25, -0.2) is 14.4 Å². The van der Waals surface area contributed by atoms with Gasteiger partial charge >= 0.3 is 18.0 Å². The van der Waals surface area contributed by atoms with Crippen LogP contribution >= 0.6 is 22.6 Å². The maximum absolute atomic E-state index is 12.4. The molecule has 2 atom stereocenters. The van der Waals surface area contributed by atoms with Gasteiger partial charge in [0.25, 0.3) is 0 Å². The minimum atomic E-state index is -1.19. The van der Waals surface area contributed by atoms with Crippen molar-refractivity contribution in [1.82, 2.24) is 16.1 Å². The van der Waals surface area contributed by atoms with E-state index < -0.39 is 30.2 Å². The maximum atomic E-state index is 12.4. The third-order valence-electron chi connectivity index (χ3n) is 6.08. The first-order valence-electron chi connectivity index (χ1n) is 14.1. The van der Waals surface area contributed by atoms with Crippen LogP contribution in [-0.2, 0) is 19.1 Å². The van der Waals surface area contributed by atoms with Crippen LogP contribution in [0.15, 0.2) is 46.7 Å². The molecule has 0 spiro atoms. The lowest BCUT2D eigenvalue weighted by Crippen LogP contribution is -2.45. The number of benzene rings is 2. The molecular weight excluding hydrogens is 703 g/mol. The van der Waals surface area contributed by atoms with Crippen LogP contribution in [0.1, 0.15) is 44.9 Å². The number of ether oxygens (including phenoxy) is 6. The summed E-state index contributed by atoms with van der Waals surface area (Å²) >= 11 is 2.07. The second-order valence-corrected chi connectivity index (χ2v) is 10.4. The Morgan fingerprint density at radius 2 is 1.78 bits per heavy atom. The quantitative estimate of drug-likeness (QED) is 0.0655. The van der Waals surface area contributed by atoms with Gasteiger partial charge in [0, 0.05) is 5.70 Å². The number of rotatable bonds is 16. The zero-order valence-electron chi connectivity index (χ0n) is 25.6. The summed E-state index contributed by atoms with van der Waals surface area (Å²) in [6.07, 6.45) is 0.304. The van der Waals surface area contributed by atoms with Crippen molar-refractivity contribution in [3.05, 3.63) is 56.3 Å². The summed E-state index contributed by atoms with van der Waals surface area (Å²) in [5.41, 5.74) is 4.46. The highest BCUT2D eigenvalue weighted by Crippen LogP contribution is 2.35. The maximum Gasteiger partial charge on any atom is 0.344 e. The smallest absolute Gasteiger partial charge is 0.344 e. The number of aliphatic hydroxyl groups is 1. The Kier molecular flexibility index (Phi) is 13.5. The van der Waals surface area contributed by atoms with Crippen LogP contribution in [0.25, 0.3) is 0 Å². The van der Waals surface area contributed by atoms with Crippen molar-refractivity contribution in [2.75, 3.05) is 40.1 Å². The molecule has 2 aromatic rings. The number of esters is 2. The summed E-state index contributed by atoms with van der Waals surface area (Å²) in [4.78, 5) is 36.3. The van der Waals surface area contributed by atoms with Crippen molar-refractivity contribution in [1.29, 1.82) is 0 Å². The van der Waals surface area contributed by atoms with Gasteiger partial charge in [0.1, 0.15) is 6.61 Å². The van der Waals surface area contributed by atoms with E-state index in [1.165, 1.54) is 13.3 Å². The zero-order valence-corrected chi connectivity index (χ0v) is 27.8. The zero-order chi connectivity index (χ0) is 32.9. The number of hydrogen-bond acceptors (Lipinski definition) is 12. The molecule has 0 fully saturated rings. The molecule has 0 saturated carbocycles. The minimum absolute atomic E-state index is 0.185. The second kappa shape index (κ2) is 17.3. The number of hydrazone groups is 1. The number of allylic oxidation sites excluding steroid dienone is 1. The number of halogens is 1. The van der Waals surface area contributed by atoms with Gasteiger partial charge in [-0.3, -0.25) is 5.43 Å². The molecule has 0 bridgehead atoms. The van der Waals surface area contributed by atoms with E-state index in [0.717, 1.165) is 0 Å². The van der Waals surface area contributed by atoms with Crippen molar-refractivity contribution >= 4 is 46.8 Å². The average Bonchev–Trinajstić information content (AvgIpc) is 2.99. The van der Waals surface area contributed by atoms with E-state index in [9.17, 15) is 19.5 Å². The van der Waals surface area contributed by atoms with E-state index in [0.29, 0.717) is 56.6 Å². The molecule has 45 heavy (non-hydrogen) atoms. The predicted molar refractivity (Wildman–Crippen MR) is 171 cm³/mol. The summed E-state index contributed by atoms with van der Waals surface area (Å²) in [7, 11) is 1.27. The van der Waals surface area contributed by atoms with Gasteiger partial charge in [-0.15, -0.1) is 0 Å². The van der Waals surface area contributed by atoms with Crippen molar-refractivity contribution < 1.29 is 47.9 Å². The summed E-state index contributed by atoms with van der Waals surface area (Å²) in [5, 5.41) is 19.9. The predicted octanol–water partition coefficient (Wildman–Crippen LogP) is 3.15. The van der Waals surface area contributed by atoms with E-state index in [1.54, 1.807) is 51.1 Å². The molecular formula is C30H37IN4O10. The molecule has 1 aliphatic heterocycles. The van der Waals surface area contributed by atoms with Gasteiger partial charge in [-0.1, -0.05) is 6.07 Å². The van der Waals surface area contributed by atoms with E-state index >= 15 is 0 Å². The molecule has 0 aromatic heterocycles. The number of nitrogens with zero attached hydrogens (tertiary/aromatic N) is 1. The minimum Gasteiger partial charge on any atom is -0.490 e. The van der Waals surface area contributed by atoms with Gasteiger partial charge in [0.2, 0.25) is 0 Å². The van der Waals surface area contributed by atoms with Gasteiger partial charge in [0.15, 0.2) is 35.8 Å². The fourth-order valence-corrected chi connectivity index (χ4v) is 5.00. The van der Waals surface area contributed by atoms with Crippen molar-refractivity contribution in [2.24, 2.45) is 5.10 Å². The third kappa shape index (κ3) is 9.87. The van der Waals surface area contributed by atoms with Crippen LogP contribution in [-0.4, -0.2) is 75.7 Å². The Balaban J connectivity index is 1.67. The Hall–Kier alpha value is -4.25. The van der Waals surface area contributed by atoms with Gasteiger partial charge in [-0.2, -0.15) is 5.10 Å². The van der Waals surface area contributed by atoms with Gasteiger partial charge in [0.05, 0.1) is 48.3 Å². The standard InChI is InChI=1S/C30H37IN4O10/c1-6-41-22-13-19(27-26(29(38)40-5)17(4)33-30(39)34-27)9-10-21(22)44-15-24(36)35-32-14-18-11-20(31)28(23(12-18)42-7-2)45-16-25(37)43-8-3/h9-14,24,27,35-36H,6-8,15-16H2,1-5H3,(H2,33,34,39)/b32-14-/t24-,27+/m1/s1. The number of hydrogen-bond donors (Lipinski definition) is 4. The normalized spacial score (nSPS) is 15.1. The van der Waals surface area contributed by atoms with Crippen LogP contribution in [0.4, 0.5) is 4.79 Å². The van der Waals surface area contributed by atoms with E-state index in [4.69, 9.17) is 28.4 Å². The van der Waals surface area contributed by atoms with E-state index in [1.807, 2.05) is 6.92 Å². The third-order valence-corrected chi connectivity index (χ3v) is 6.88. The highest BCUT2D eigenvalue weighted by atomic mass is 127. The molecule has 1 aliphatic rings. The fourth-order valence-electron chi connectivity index (χ4n) is 4.22. The first-order valence-corrected chi connectivity index (χ1v) is 15.2. The topological polar surface area (TPSA) is 175 Å². The van der Waals surface area contributed by atoms with Crippen LogP contribution < -0.4 is 35.0 Å². The van der Waals surface area contributed by atoms with Crippen molar-refractivity contribution in [3.8, 4) is 23.0 Å². The number of methoxy groups -OCH3 is 1. The lowest BCUT2D eigenvalue weighted by Gasteiger charge is -2.28. The summed E-state index contributed by atoms with van der Waals surface area (Å²) < 4.78 is 33.4. The van der Waals surface area contributed by atoms with Crippen LogP contribution in [0.2, 0.25) is 0 Å². The van der Waals surface area contributed by atoms with E-state index in [-0.39, 0.29) is 25.4 Å². The summed E-state index contributed by atoms with van der Waals surface area (Å²) in [6, 6.07) is 7.20. The van der Waals surface area contributed by atoms with Crippen LogP contribution in [0.3, 0.4) is 0 Å². The Bertz CT molecular complexity index is 1430. The Morgan fingerprint density at radius 1 is 1.04 bits per heavy atom. The van der Waals surface area contributed by atoms with Gasteiger partial charge in [-0.05, 0) is 85.7 Å². The SMILES string of the molecule is CCOC(=O)COc1c(I)cc(/C=N\N[C@H](O)COc2ccc([C@@H]3NC(=O)NC(C)=C3C(=O)OC)cc2OCC)cc1OCC. The Labute approximate surface area is 274 Å². The average molecular weight is 741 g/mol. The first-order chi connectivity index (χ1) is 21.6. The molecule has 14 nitrogen and oxygen atoms in total. The molecule has 0 aliphatic carbocycles. The summed E-state index contributed by atoms with van der Waals surface area (Å²) in [6.45, 7) is 7.48. The molecule has 4 N–H and O–H groups in total. The molecule has 2 amide bonds. The Morgan fingerprint density at radius 3 is 2.47 bits per heavy atom. The molecule has 15 heteroatoms. The molecule has 2 aromatic carbocycles. The first kappa shape index (κ1) is 35.2. The van der Waals surface area contributed by atoms with Crippen molar-refractivity contribution in [2.45, 2.75) is 40.0 Å². The lowest BCUT2D eigenvalue weighted by atomic mass is 9.95. The lowest BCUT2D eigenvalue weighted by molar-refractivity contribution is -0.145. The summed E-state index contributed by atoms with van der Waals surface area (Å²) in [5.74, 6) is 0.458. The molecule has 244 valence electrons. The molecule has 0 saturated heterocycles. The second-order valence-electron chi connectivity index (χ2n) is 9.27. The molecule has 0 radical (unpaired) electrons. The number of carbonyl (C=O) groups is 3. The fraction of sp³-hybridized carbons (Fsp3) is 0.400. The number of aliphatic hydroxyl groups excluding tert-OH is 1. The largest absolute Gasteiger partial charge is 0.490 e. The highest BCUT2D eigenvalue weighted by Gasteiger charge is 2.32.